The summed E-state index contributed by atoms with van der Waals surface area (Å²) in [6.07, 6.45) is -3.01. The van der Waals surface area contributed by atoms with Gasteiger partial charge >= 0.3 is 6.18 Å². The number of hydrogen-bond donors (Lipinski definition) is 1. The Morgan fingerprint density at radius 3 is 2.33 bits per heavy atom. The van der Waals surface area contributed by atoms with Crippen molar-refractivity contribution in [1.29, 1.82) is 0 Å². The second-order valence-corrected chi connectivity index (χ2v) is 7.08. The van der Waals surface area contributed by atoms with Crippen LogP contribution in [0.4, 0.5) is 13.2 Å². The van der Waals surface area contributed by atoms with E-state index in [-0.39, 0.29) is 11.5 Å². The third-order valence-corrected chi connectivity index (χ3v) is 5.53. The van der Waals surface area contributed by atoms with E-state index < -0.39 is 41.3 Å². The molecular weight excluding hydrogens is 361 g/mol. The largest absolute Gasteiger partial charge is 0.416 e. The van der Waals surface area contributed by atoms with Crippen molar-refractivity contribution in [2.45, 2.75) is 19.0 Å². The molecule has 8 heteroatoms. The molecule has 1 heterocycles. The monoisotopic (exact) mass is 376 g/mol. The van der Waals surface area contributed by atoms with E-state index in [0.717, 1.165) is 36.3 Å². The van der Waals surface area contributed by atoms with Crippen LogP contribution in [0.15, 0.2) is 42.1 Å². The Hall–Kier alpha value is -2.86. The minimum atomic E-state index is -4.51. The quantitative estimate of drug-likeness (QED) is 0.638. The van der Waals surface area contributed by atoms with Crippen LogP contribution >= 0.6 is 0 Å². The van der Waals surface area contributed by atoms with Crippen LogP contribution < -0.4 is 5.43 Å². The van der Waals surface area contributed by atoms with Gasteiger partial charge in [-0.05, 0) is 54.5 Å². The molecule has 1 N–H and O–H groups in total. The standard InChI is InChI=1S/C19H15F3N2O3/c1-2-12-13-7-10(13)8-14-15(12)18(27)24(17(14)26)23-16(25)9-3-5-11(6-4-9)19(20,21)22/h3-6,10,13-15H,1,7-8H2,(H,23,25). The first-order valence-electron chi connectivity index (χ1n) is 8.48. The first-order valence-corrected chi connectivity index (χ1v) is 8.48. The van der Waals surface area contributed by atoms with Crippen molar-refractivity contribution in [1.82, 2.24) is 10.4 Å². The molecule has 1 aromatic carbocycles. The molecule has 5 nitrogen and oxygen atoms in total. The van der Waals surface area contributed by atoms with Gasteiger partial charge in [0.15, 0.2) is 0 Å². The van der Waals surface area contributed by atoms with Gasteiger partial charge in [-0.1, -0.05) is 6.58 Å². The maximum Gasteiger partial charge on any atom is 0.416 e. The third-order valence-electron chi connectivity index (χ3n) is 5.53. The predicted molar refractivity (Wildman–Crippen MR) is 86.6 cm³/mol. The smallest absolute Gasteiger partial charge is 0.272 e. The van der Waals surface area contributed by atoms with E-state index in [2.05, 4.69) is 17.7 Å². The van der Waals surface area contributed by atoms with E-state index in [4.69, 9.17) is 0 Å². The van der Waals surface area contributed by atoms with Crippen molar-refractivity contribution < 1.29 is 27.6 Å². The van der Waals surface area contributed by atoms with Gasteiger partial charge in [0.05, 0.1) is 17.4 Å². The molecule has 140 valence electrons. The van der Waals surface area contributed by atoms with Gasteiger partial charge in [-0.2, -0.15) is 18.2 Å². The minimum Gasteiger partial charge on any atom is -0.272 e. The molecule has 27 heavy (non-hydrogen) atoms. The van der Waals surface area contributed by atoms with Crippen LogP contribution in [0.25, 0.3) is 0 Å². The van der Waals surface area contributed by atoms with Crippen molar-refractivity contribution in [3.63, 3.8) is 0 Å². The van der Waals surface area contributed by atoms with E-state index in [0.29, 0.717) is 17.3 Å². The summed E-state index contributed by atoms with van der Waals surface area (Å²) in [5.41, 5.74) is 4.78. The summed E-state index contributed by atoms with van der Waals surface area (Å²) in [5.74, 6) is -2.49. The number of nitrogens with zero attached hydrogens (tertiary/aromatic N) is 1. The van der Waals surface area contributed by atoms with Crippen LogP contribution in [0.2, 0.25) is 0 Å². The Kier molecular flexibility index (Phi) is 3.78. The Balaban J connectivity index is 1.53. The summed E-state index contributed by atoms with van der Waals surface area (Å²) < 4.78 is 37.8. The fourth-order valence-electron chi connectivity index (χ4n) is 4.09. The van der Waals surface area contributed by atoms with E-state index in [1.165, 1.54) is 0 Å². The van der Waals surface area contributed by atoms with Crippen molar-refractivity contribution in [2.75, 3.05) is 0 Å². The summed E-state index contributed by atoms with van der Waals surface area (Å²) in [4.78, 5) is 37.6. The lowest BCUT2D eigenvalue weighted by Crippen LogP contribution is -2.46. The van der Waals surface area contributed by atoms with Crippen molar-refractivity contribution >= 4 is 17.7 Å². The Morgan fingerprint density at radius 1 is 1.11 bits per heavy atom. The number of alkyl halides is 3. The van der Waals surface area contributed by atoms with Gasteiger partial charge in [0.2, 0.25) is 0 Å². The Morgan fingerprint density at radius 2 is 1.74 bits per heavy atom. The second kappa shape index (κ2) is 5.82. The number of hydrogen-bond acceptors (Lipinski definition) is 3. The van der Waals surface area contributed by atoms with Crippen LogP contribution in [-0.4, -0.2) is 22.7 Å². The zero-order chi connectivity index (χ0) is 19.5. The van der Waals surface area contributed by atoms with E-state index in [1.54, 1.807) is 0 Å². The Labute approximate surface area is 152 Å². The minimum absolute atomic E-state index is 0.0826. The lowest BCUT2D eigenvalue weighted by atomic mass is 9.78. The predicted octanol–water partition coefficient (Wildman–Crippen LogP) is 2.70. The molecule has 0 spiro atoms. The lowest BCUT2D eigenvalue weighted by molar-refractivity contribution is -0.142. The number of benzene rings is 1. The fraction of sp³-hybridized carbons (Fsp3) is 0.368. The van der Waals surface area contributed by atoms with Crippen molar-refractivity contribution in [3.8, 4) is 0 Å². The number of carbonyl (C=O) groups excluding carboxylic acids is 3. The number of carbonyl (C=O) groups is 3. The highest BCUT2D eigenvalue weighted by atomic mass is 19.4. The molecule has 0 aromatic heterocycles. The van der Waals surface area contributed by atoms with E-state index in [1.807, 2.05) is 0 Å². The molecule has 2 saturated carbocycles. The van der Waals surface area contributed by atoms with Gasteiger partial charge in [0, 0.05) is 5.56 Å². The maximum absolute atomic E-state index is 12.7. The molecular formula is C19H15F3N2O3. The number of imide groups is 1. The number of rotatable bonds is 2. The summed E-state index contributed by atoms with van der Waals surface area (Å²) >= 11 is 0. The molecule has 3 aliphatic rings. The van der Waals surface area contributed by atoms with Gasteiger partial charge in [0.1, 0.15) is 0 Å². The van der Waals surface area contributed by atoms with Crippen LogP contribution in [0.1, 0.15) is 28.8 Å². The fourth-order valence-corrected chi connectivity index (χ4v) is 4.09. The van der Waals surface area contributed by atoms with Crippen LogP contribution in [0.3, 0.4) is 0 Å². The highest BCUT2D eigenvalue weighted by Crippen LogP contribution is 2.58. The molecule has 4 atom stereocenters. The van der Waals surface area contributed by atoms with E-state index in [9.17, 15) is 27.6 Å². The zero-order valence-electron chi connectivity index (χ0n) is 14.0. The zero-order valence-corrected chi connectivity index (χ0v) is 14.0. The van der Waals surface area contributed by atoms with Gasteiger partial charge in [-0.3, -0.25) is 19.8 Å². The SMILES string of the molecule is C=C=C1C2CC2CC2C(=O)N(NC(=O)c3ccc(C(F)(F)F)cc3)C(=O)C12. The average molecular weight is 376 g/mol. The van der Waals surface area contributed by atoms with Gasteiger partial charge in [0.25, 0.3) is 17.7 Å². The topological polar surface area (TPSA) is 66.5 Å². The molecule has 1 aromatic rings. The third kappa shape index (κ3) is 2.77. The molecule has 0 radical (unpaired) electrons. The Bertz CT molecular complexity index is 900. The summed E-state index contributed by atoms with van der Waals surface area (Å²) in [7, 11) is 0. The number of nitrogens with one attached hydrogen (secondary N) is 1. The number of hydrazine groups is 1. The molecule has 2 aliphatic carbocycles. The first kappa shape index (κ1) is 17.5. The summed E-state index contributed by atoms with van der Waals surface area (Å²) in [6, 6.07) is 3.55. The molecule has 0 bridgehead atoms. The number of amides is 3. The number of fused-ring (bicyclic) bond motifs is 2. The van der Waals surface area contributed by atoms with Crippen molar-refractivity contribution in [2.24, 2.45) is 23.7 Å². The normalized spacial score (nSPS) is 29.1. The molecule has 1 aliphatic heterocycles. The van der Waals surface area contributed by atoms with Crippen LogP contribution in [0, 0.1) is 23.7 Å². The second-order valence-electron chi connectivity index (χ2n) is 7.08. The van der Waals surface area contributed by atoms with Crippen LogP contribution in [0.5, 0.6) is 0 Å². The maximum atomic E-state index is 12.7. The number of halogens is 3. The molecule has 3 fully saturated rings. The average Bonchev–Trinajstić information content (AvgIpc) is 3.37. The van der Waals surface area contributed by atoms with Crippen LogP contribution in [-0.2, 0) is 15.8 Å². The van der Waals surface area contributed by atoms with Gasteiger partial charge in [-0.15, -0.1) is 5.73 Å². The summed E-state index contributed by atoms with van der Waals surface area (Å²) in [6.45, 7) is 3.62. The summed E-state index contributed by atoms with van der Waals surface area (Å²) in [5, 5.41) is 0.692. The molecule has 3 amide bonds. The van der Waals surface area contributed by atoms with Crippen molar-refractivity contribution in [3.05, 3.63) is 53.3 Å². The van der Waals surface area contributed by atoms with E-state index >= 15 is 0 Å². The molecule has 4 unspecified atom stereocenters. The van der Waals surface area contributed by atoms with Gasteiger partial charge < -0.3 is 0 Å². The lowest BCUT2D eigenvalue weighted by Gasteiger charge is -2.21. The van der Waals surface area contributed by atoms with Gasteiger partial charge in [-0.25, -0.2) is 0 Å². The first-order chi connectivity index (χ1) is 12.7. The highest BCUT2D eigenvalue weighted by molar-refractivity contribution is 6.09. The highest BCUT2D eigenvalue weighted by Gasteiger charge is 2.60. The molecule has 1 saturated heterocycles. The molecule has 4 rings (SSSR count).